The van der Waals surface area contributed by atoms with E-state index in [4.69, 9.17) is 21.4 Å². The van der Waals surface area contributed by atoms with Gasteiger partial charge in [0.1, 0.15) is 24.5 Å². The Labute approximate surface area is 220 Å². The van der Waals surface area contributed by atoms with Crippen molar-refractivity contribution in [1.29, 1.82) is 0 Å². The van der Waals surface area contributed by atoms with Crippen LogP contribution >= 0.6 is 22.9 Å². The zero-order valence-corrected chi connectivity index (χ0v) is 20.9. The Bertz CT molecular complexity index is 1520. The molecule has 1 aliphatic rings. The van der Waals surface area contributed by atoms with Gasteiger partial charge in [-0.3, -0.25) is 0 Å². The van der Waals surface area contributed by atoms with Gasteiger partial charge in [-0.25, -0.2) is 19.2 Å². The van der Waals surface area contributed by atoms with E-state index < -0.39 is 6.09 Å². The van der Waals surface area contributed by atoms with Gasteiger partial charge in [-0.15, -0.1) is 11.3 Å². The van der Waals surface area contributed by atoms with Crippen LogP contribution in [0.25, 0.3) is 10.2 Å². The number of hydrogen-bond donors (Lipinski definition) is 4. The van der Waals surface area contributed by atoms with Crippen molar-refractivity contribution in [3.8, 4) is 17.6 Å². The highest BCUT2D eigenvalue weighted by Crippen LogP contribution is 2.33. The SMILES string of the molecule is O=C(O)N[C@@H]1CN[C@H](C#Cc2cc3ncnc(Nc4ccc(OCc5cccc(F)c5)c(Cl)c4)c3s2)C1. The average Bonchev–Trinajstić information content (AvgIpc) is 3.49. The third-order valence-electron chi connectivity index (χ3n) is 5.62. The highest BCUT2D eigenvalue weighted by Gasteiger charge is 2.23. The van der Waals surface area contributed by atoms with Crippen molar-refractivity contribution in [3.63, 3.8) is 0 Å². The Hall–Kier alpha value is -3.91. The van der Waals surface area contributed by atoms with Gasteiger partial charge in [-0.05, 0) is 48.4 Å². The molecular weight excluding hydrogens is 517 g/mol. The van der Waals surface area contributed by atoms with E-state index in [2.05, 4.69) is 37.8 Å². The van der Waals surface area contributed by atoms with E-state index in [0.29, 0.717) is 35.1 Å². The summed E-state index contributed by atoms with van der Waals surface area (Å²) >= 11 is 7.89. The van der Waals surface area contributed by atoms with Crippen LogP contribution in [0.1, 0.15) is 16.9 Å². The molecule has 0 radical (unpaired) electrons. The zero-order chi connectivity index (χ0) is 25.8. The molecule has 3 heterocycles. The molecule has 0 unspecified atom stereocenters. The maximum atomic E-state index is 13.4. The van der Waals surface area contributed by atoms with E-state index in [0.717, 1.165) is 20.8 Å². The number of anilines is 2. The predicted octanol–water partition coefficient (Wildman–Crippen LogP) is 5.16. The summed E-state index contributed by atoms with van der Waals surface area (Å²) in [5, 5.41) is 18.2. The summed E-state index contributed by atoms with van der Waals surface area (Å²) in [6.07, 6.45) is 1.06. The summed E-state index contributed by atoms with van der Waals surface area (Å²) < 4.78 is 20.0. The number of nitrogens with one attached hydrogen (secondary N) is 3. The molecule has 37 heavy (non-hydrogen) atoms. The first-order chi connectivity index (χ1) is 17.9. The number of hydrogen-bond acceptors (Lipinski definition) is 7. The Balaban J connectivity index is 1.27. The molecule has 0 spiro atoms. The number of thiophene rings is 1. The molecule has 0 bridgehead atoms. The molecule has 188 valence electrons. The number of aromatic nitrogens is 2. The van der Waals surface area contributed by atoms with Crippen molar-refractivity contribution in [2.45, 2.75) is 25.1 Å². The lowest BCUT2D eigenvalue weighted by Crippen LogP contribution is -2.34. The molecule has 2 aromatic heterocycles. The summed E-state index contributed by atoms with van der Waals surface area (Å²) in [7, 11) is 0. The van der Waals surface area contributed by atoms with E-state index in [1.807, 2.05) is 12.1 Å². The van der Waals surface area contributed by atoms with Crippen molar-refractivity contribution in [1.82, 2.24) is 20.6 Å². The number of halogens is 2. The maximum absolute atomic E-state index is 13.4. The standard InChI is InChI=1S/C26H21ClFN5O3S/c27-21-10-18(5-7-23(21)36-13-15-2-1-3-16(28)8-15)32-25-24-22(30-14-31-25)11-20(37-24)6-4-17-9-19(12-29-17)33-26(34)35/h1-3,5,7-8,10-11,14,17,19,29,33H,9,12-13H2,(H,34,35)(H,30,31,32)/t17-,19+/m1/s1. The van der Waals surface area contributed by atoms with Crippen LogP contribution in [-0.4, -0.2) is 39.8 Å². The topological polar surface area (TPSA) is 108 Å². The summed E-state index contributed by atoms with van der Waals surface area (Å²) in [6.45, 7) is 0.748. The third kappa shape index (κ3) is 6.27. The lowest BCUT2D eigenvalue weighted by molar-refractivity contribution is 0.190. The second-order valence-corrected chi connectivity index (χ2v) is 9.81. The van der Waals surface area contributed by atoms with E-state index in [1.54, 1.807) is 24.3 Å². The van der Waals surface area contributed by atoms with Crippen molar-refractivity contribution in [3.05, 3.63) is 76.1 Å². The molecule has 1 fully saturated rings. The van der Waals surface area contributed by atoms with Gasteiger partial charge in [0, 0.05) is 18.3 Å². The first-order valence-corrected chi connectivity index (χ1v) is 12.5. The van der Waals surface area contributed by atoms with Crippen molar-refractivity contribution >= 4 is 50.8 Å². The highest BCUT2D eigenvalue weighted by atomic mass is 35.5. The minimum Gasteiger partial charge on any atom is -0.487 e. The fourth-order valence-electron chi connectivity index (χ4n) is 3.91. The monoisotopic (exact) mass is 537 g/mol. The Morgan fingerprint density at radius 3 is 2.97 bits per heavy atom. The summed E-state index contributed by atoms with van der Waals surface area (Å²) in [5.74, 6) is 7.12. The van der Waals surface area contributed by atoms with Gasteiger partial charge in [0.05, 0.1) is 26.2 Å². The molecule has 4 N–H and O–H groups in total. The molecule has 11 heteroatoms. The van der Waals surface area contributed by atoms with Crippen LogP contribution in [0.3, 0.4) is 0 Å². The normalized spacial score (nSPS) is 16.7. The van der Waals surface area contributed by atoms with Crippen LogP contribution in [-0.2, 0) is 6.61 Å². The second kappa shape index (κ2) is 11.0. The van der Waals surface area contributed by atoms with E-state index in [9.17, 15) is 9.18 Å². The molecule has 4 aromatic rings. The molecule has 0 aliphatic carbocycles. The predicted molar refractivity (Wildman–Crippen MR) is 141 cm³/mol. The smallest absolute Gasteiger partial charge is 0.404 e. The molecule has 0 saturated carbocycles. The molecule has 8 nitrogen and oxygen atoms in total. The molecule has 2 aromatic carbocycles. The minimum absolute atomic E-state index is 0.0884. The van der Waals surface area contributed by atoms with Crippen LogP contribution in [0, 0.1) is 17.7 Å². The first-order valence-electron chi connectivity index (χ1n) is 11.4. The van der Waals surface area contributed by atoms with Gasteiger partial charge < -0.3 is 25.8 Å². The first kappa shape index (κ1) is 24.8. The molecule has 2 atom stereocenters. The number of ether oxygens (including phenoxy) is 1. The zero-order valence-electron chi connectivity index (χ0n) is 19.3. The van der Waals surface area contributed by atoms with Crippen molar-refractivity contribution < 1.29 is 19.0 Å². The maximum Gasteiger partial charge on any atom is 0.404 e. The number of carboxylic acid groups (broad SMARTS) is 1. The summed E-state index contributed by atoms with van der Waals surface area (Å²) in [4.78, 5) is 20.4. The second-order valence-electron chi connectivity index (χ2n) is 8.35. The van der Waals surface area contributed by atoms with Gasteiger partial charge in [0.25, 0.3) is 0 Å². The van der Waals surface area contributed by atoms with Gasteiger partial charge in [0.2, 0.25) is 0 Å². The summed E-state index contributed by atoms with van der Waals surface area (Å²) in [5.41, 5.74) is 2.19. The van der Waals surface area contributed by atoms with Gasteiger partial charge in [-0.1, -0.05) is 35.6 Å². The quantitative estimate of drug-likeness (QED) is 0.252. The van der Waals surface area contributed by atoms with Crippen LogP contribution < -0.4 is 20.7 Å². The largest absolute Gasteiger partial charge is 0.487 e. The van der Waals surface area contributed by atoms with Crippen molar-refractivity contribution in [2.75, 3.05) is 11.9 Å². The molecule has 1 amide bonds. The van der Waals surface area contributed by atoms with Crippen molar-refractivity contribution in [2.24, 2.45) is 0 Å². The number of fused-ring (bicyclic) bond motifs is 1. The molecule has 1 aliphatic heterocycles. The van der Waals surface area contributed by atoms with Crippen LogP contribution in [0.2, 0.25) is 5.02 Å². The Morgan fingerprint density at radius 1 is 1.27 bits per heavy atom. The van der Waals surface area contributed by atoms with E-state index in [-0.39, 0.29) is 24.5 Å². The lowest BCUT2D eigenvalue weighted by Gasteiger charge is -2.11. The van der Waals surface area contributed by atoms with E-state index in [1.165, 1.54) is 29.8 Å². The average molecular weight is 538 g/mol. The number of rotatable bonds is 6. The Morgan fingerprint density at radius 2 is 2.16 bits per heavy atom. The van der Waals surface area contributed by atoms with Gasteiger partial charge in [-0.2, -0.15) is 0 Å². The van der Waals surface area contributed by atoms with Gasteiger partial charge >= 0.3 is 6.09 Å². The molecular formula is C26H21ClFN5O3S. The summed E-state index contributed by atoms with van der Waals surface area (Å²) in [6, 6.07) is 13.2. The van der Waals surface area contributed by atoms with E-state index >= 15 is 0 Å². The lowest BCUT2D eigenvalue weighted by atomic mass is 10.2. The van der Waals surface area contributed by atoms with Crippen LogP contribution in [0.5, 0.6) is 5.75 Å². The van der Waals surface area contributed by atoms with Gasteiger partial charge in [0.15, 0.2) is 5.82 Å². The fraction of sp³-hybridized carbons (Fsp3) is 0.192. The minimum atomic E-state index is -1.03. The Kier molecular flexibility index (Phi) is 7.37. The molecule has 5 rings (SSSR count). The number of nitrogens with zero attached hydrogens (tertiary/aromatic N) is 2. The third-order valence-corrected chi connectivity index (χ3v) is 6.96. The highest BCUT2D eigenvalue weighted by molar-refractivity contribution is 7.20. The fourth-order valence-corrected chi connectivity index (χ4v) is 5.07. The number of carbonyl (C=O) groups is 1. The van der Waals surface area contributed by atoms with Crippen LogP contribution in [0.4, 0.5) is 20.7 Å². The van der Waals surface area contributed by atoms with Crippen LogP contribution in [0.15, 0.2) is 54.9 Å². The number of amides is 1. The number of benzene rings is 2. The molecule has 1 saturated heterocycles.